The number of aromatic nitrogens is 2. The SMILES string of the molecule is COC(=O)c1cccc(NCCCn2cccn2)c1N. The molecule has 106 valence electrons. The number of carbonyl (C=O) groups is 1. The van der Waals surface area contributed by atoms with Gasteiger partial charge in [-0.3, -0.25) is 4.68 Å². The molecule has 0 saturated heterocycles. The molecule has 0 bridgehead atoms. The average Bonchev–Trinajstić information content (AvgIpc) is 2.97. The molecule has 0 aliphatic rings. The van der Waals surface area contributed by atoms with E-state index in [0.29, 0.717) is 11.3 Å². The molecule has 2 rings (SSSR count). The van der Waals surface area contributed by atoms with Gasteiger partial charge in [0.25, 0.3) is 0 Å². The van der Waals surface area contributed by atoms with E-state index in [1.54, 1.807) is 18.3 Å². The number of hydrogen-bond acceptors (Lipinski definition) is 5. The highest BCUT2D eigenvalue weighted by Crippen LogP contribution is 2.23. The molecule has 1 aromatic carbocycles. The number of benzene rings is 1. The van der Waals surface area contributed by atoms with E-state index >= 15 is 0 Å². The number of anilines is 2. The second kappa shape index (κ2) is 6.60. The van der Waals surface area contributed by atoms with Crippen molar-refractivity contribution in [2.24, 2.45) is 0 Å². The van der Waals surface area contributed by atoms with Gasteiger partial charge in [-0.1, -0.05) is 6.07 Å². The van der Waals surface area contributed by atoms with Crippen molar-refractivity contribution in [2.75, 3.05) is 24.7 Å². The molecule has 0 spiro atoms. The number of nitrogen functional groups attached to an aromatic ring is 1. The second-order valence-corrected chi connectivity index (χ2v) is 4.31. The number of aryl methyl sites for hydroxylation is 1. The van der Waals surface area contributed by atoms with Gasteiger partial charge in [0.05, 0.1) is 24.0 Å². The van der Waals surface area contributed by atoms with Gasteiger partial charge in [0, 0.05) is 25.5 Å². The van der Waals surface area contributed by atoms with Crippen LogP contribution in [0.3, 0.4) is 0 Å². The van der Waals surface area contributed by atoms with Gasteiger partial charge in [-0.15, -0.1) is 0 Å². The van der Waals surface area contributed by atoms with Crippen molar-refractivity contribution in [3.8, 4) is 0 Å². The van der Waals surface area contributed by atoms with E-state index in [4.69, 9.17) is 5.73 Å². The predicted octanol–water partition coefficient (Wildman–Crippen LogP) is 1.75. The van der Waals surface area contributed by atoms with Crippen LogP contribution in [0, 0.1) is 0 Å². The molecule has 1 heterocycles. The smallest absolute Gasteiger partial charge is 0.340 e. The summed E-state index contributed by atoms with van der Waals surface area (Å²) < 4.78 is 6.56. The van der Waals surface area contributed by atoms with Crippen LogP contribution in [0.1, 0.15) is 16.8 Å². The van der Waals surface area contributed by atoms with E-state index in [2.05, 4.69) is 15.2 Å². The first-order chi connectivity index (χ1) is 9.72. The molecule has 0 amide bonds. The third-order valence-electron chi connectivity index (χ3n) is 2.95. The maximum absolute atomic E-state index is 11.5. The van der Waals surface area contributed by atoms with Gasteiger partial charge in [0.2, 0.25) is 0 Å². The lowest BCUT2D eigenvalue weighted by Crippen LogP contribution is -2.11. The van der Waals surface area contributed by atoms with Crippen LogP contribution in [0.25, 0.3) is 0 Å². The number of rotatable bonds is 6. The predicted molar refractivity (Wildman–Crippen MR) is 77.5 cm³/mol. The maximum atomic E-state index is 11.5. The lowest BCUT2D eigenvalue weighted by atomic mass is 10.1. The molecular weight excluding hydrogens is 256 g/mol. The number of nitrogens with two attached hydrogens (primary N) is 1. The molecule has 6 heteroatoms. The highest BCUT2D eigenvalue weighted by Gasteiger charge is 2.12. The maximum Gasteiger partial charge on any atom is 0.340 e. The Morgan fingerprint density at radius 2 is 2.30 bits per heavy atom. The molecule has 0 radical (unpaired) electrons. The minimum absolute atomic E-state index is 0.379. The first-order valence-corrected chi connectivity index (χ1v) is 6.40. The van der Waals surface area contributed by atoms with E-state index in [1.165, 1.54) is 7.11 Å². The normalized spacial score (nSPS) is 10.2. The van der Waals surface area contributed by atoms with Crippen molar-refractivity contribution < 1.29 is 9.53 Å². The summed E-state index contributed by atoms with van der Waals surface area (Å²) in [5.41, 5.74) is 7.49. The summed E-state index contributed by atoms with van der Waals surface area (Å²) in [6, 6.07) is 7.16. The van der Waals surface area contributed by atoms with Gasteiger partial charge < -0.3 is 15.8 Å². The Kier molecular flexibility index (Phi) is 4.60. The second-order valence-electron chi connectivity index (χ2n) is 4.31. The zero-order valence-electron chi connectivity index (χ0n) is 11.4. The number of hydrogen-bond donors (Lipinski definition) is 2. The molecule has 0 atom stereocenters. The molecule has 6 nitrogen and oxygen atoms in total. The number of methoxy groups -OCH3 is 1. The van der Waals surface area contributed by atoms with Crippen LogP contribution in [0.4, 0.5) is 11.4 Å². The van der Waals surface area contributed by atoms with Gasteiger partial charge in [-0.2, -0.15) is 5.10 Å². The van der Waals surface area contributed by atoms with Crippen molar-refractivity contribution in [2.45, 2.75) is 13.0 Å². The van der Waals surface area contributed by atoms with Crippen LogP contribution in [0.5, 0.6) is 0 Å². The first kappa shape index (κ1) is 13.9. The van der Waals surface area contributed by atoms with E-state index in [9.17, 15) is 4.79 Å². The van der Waals surface area contributed by atoms with Gasteiger partial charge in [-0.25, -0.2) is 4.79 Å². The van der Waals surface area contributed by atoms with Crippen LogP contribution in [-0.4, -0.2) is 29.4 Å². The summed E-state index contributed by atoms with van der Waals surface area (Å²) >= 11 is 0. The third-order valence-corrected chi connectivity index (χ3v) is 2.95. The molecule has 0 fully saturated rings. The summed E-state index contributed by atoms with van der Waals surface area (Å²) in [6.07, 6.45) is 4.58. The molecule has 0 saturated carbocycles. The number of nitrogens with zero attached hydrogens (tertiary/aromatic N) is 2. The fraction of sp³-hybridized carbons (Fsp3) is 0.286. The topological polar surface area (TPSA) is 82.2 Å². The third kappa shape index (κ3) is 3.28. The average molecular weight is 274 g/mol. The number of para-hydroxylation sites is 1. The fourth-order valence-electron chi connectivity index (χ4n) is 1.90. The van der Waals surface area contributed by atoms with E-state index in [1.807, 2.05) is 23.0 Å². The highest BCUT2D eigenvalue weighted by atomic mass is 16.5. The van der Waals surface area contributed by atoms with Crippen LogP contribution < -0.4 is 11.1 Å². The van der Waals surface area contributed by atoms with Crippen LogP contribution in [0.15, 0.2) is 36.7 Å². The zero-order chi connectivity index (χ0) is 14.4. The van der Waals surface area contributed by atoms with Gasteiger partial charge in [0.1, 0.15) is 0 Å². The Morgan fingerprint density at radius 1 is 1.45 bits per heavy atom. The lowest BCUT2D eigenvalue weighted by Gasteiger charge is -2.12. The van der Waals surface area contributed by atoms with Crippen molar-refractivity contribution in [3.05, 3.63) is 42.2 Å². The summed E-state index contributed by atoms with van der Waals surface area (Å²) in [4.78, 5) is 11.5. The molecular formula is C14H18N4O2. The van der Waals surface area contributed by atoms with Crippen molar-refractivity contribution >= 4 is 17.3 Å². The summed E-state index contributed by atoms with van der Waals surface area (Å²) in [7, 11) is 1.34. The van der Waals surface area contributed by atoms with E-state index < -0.39 is 5.97 Å². The van der Waals surface area contributed by atoms with Crippen molar-refractivity contribution in [3.63, 3.8) is 0 Å². The molecule has 3 N–H and O–H groups in total. The molecule has 0 aliphatic carbocycles. The Balaban J connectivity index is 1.91. The first-order valence-electron chi connectivity index (χ1n) is 6.40. The standard InChI is InChI=1S/C14H18N4O2/c1-20-14(19)11-5-2-6-12(13(11)15)16-7-3-9-18-10-4-8-17-18/h2,4-6,8,10,16H,3,7,9,15H2,1H3. The number of carbonyl (C=O) groups excluding carboxylic acids is 1. The minimum atomic E-state index is -0.428. The molecule has 1 aromatic heterocycles. The highest BCUT2D eigenvalue weighted by molar-refractivity contribution is 5.98. The van der Waals surface area contributed by atoms with E-state index in [0.717, 1.165) is 25.2 Å². The fourth-order valence-corrected chi connectivity index (χ4v) is 1.90. The summed E-state index contributed by atoms with van der Waals surface area (Å²) in [6.45, 7) is 1.57. The lowest BCUT2D eigenvalue weighted by molar-refractivity contribution is 0.0602. The summed E-state index contributed by atoms with van der Waals surface area (Å²) in [5.74, 6) is -0.428. The largest absolute Gasteiger partial charge is 0.465 e. The van der Waals surface area contributed by atoms with E-state index in [-0.39, 0.29) is 0 Å². The van der Waals surface area contributed by atoms with Crippen LogP contribution >= 0.6 is 0 Å². The van der Waals surface area contributed by atoms with Gasteiger partial charge in [-0.05, 0) is 24.6 Å². The molecule has 0 aliphatic heterocycles. The number of esters is 1. The monoisotopic (exact) mass is 274 g/mol. The minimum Gasteiger partial charge on any atom is -0.465 e. The van der Waals surface area contributed by atoms with Gasteiger partial charge in [0.15, 0.2) is 0 Å². The van der Waals surface area contributed by atoms with Crippen molar-refractivity contribution in [1.29, 1.82) is 0 Å². The summed E-state index contributed by atoms with van der Waals surface area (Å²) in [5, 5.41) is 7.35. The quantitative estimate of drug-likeness (QED) is 0.476. The Bertz CT molecular complexity index is 567. The molecule has 2 aromatic rings. The number of ether oxygens (including phenoxy) is 1. The molecule has 20 heavy (non-hydrogen) atoms. The number of nitrogens with one attached hydrogen (secondary N) is 1. The van der Waals surface area contributed by atoms with Crippen molar-refractivity contribution in [1.82, 2.24) is 9.78 Å². The Hall–Kier alpha value is -2.50. The molecule has 0 unspecified atom stereocenters. The van der Waals surface area contributed by atoms with Crippen LogP contribution in [0.2, 0.25) is 0 Å². The zero-order valence-corrected chi connectivity index (χ0v) is 11.4. The Labute approximate surface area is 117 Å². The Morgan fingerprint density at radius 3 is 3.00 bits per heavy atom. The van der Waals surface area contributed by atoms with Crippen LogP contribution in [-0.2, 0) is 11.3 Å². The van der Waals surface area contributed by atoms with Gasteiger partial charge >= 0.3 is 5.97 Å².